The highest BCUT2D eigenvalue weighted by Gasteiger charge is 2.32. The van der Waals surface area contributed by atoms with Crippen molar-refractivity contribution in [1.29, 1.82) is 0 Å². The Labute approximate surface area is 238 Å². The Hall–Kier alpha value is -4.32. The number of hydrogen-bond donors (Lipinski definition) is 2. The second-order valence-corrected chi connectivity index (χ2v) is 9.63. The number of hydrogen-bond acceptors (Lipinski definition) is 8. The van der Waals surface area contributed by atoms with Gasteiger partial charge < -0.3 is 25.2 Å². The third kappa shape index (κ3) is 7.46. The van der Waals surface area contributed by atoms with Crippen molar-refractivity contribution < 1.29 is 22.7 Å². The first-order valence-corrected chi connectivity index (χ1v) is 12.8. The Bertz CT molecular complexity index is 1350. The number of alkyl halides is 3. The maximum absolute atomic E-state index is 13.1. The topological polar surface area (TPSA) is 84.8 Å². The van der Waals surface area contributed by atoms with E-state index >= 15 is 0 Å². The quantitative estimate of drug-likeness (QED) is 0.365. The number of nitrogens with one attached hydrogen (secondary N) is 2. The van der Waals surface area contributed by atoms with Gasteiger partial charge in [0.05, 0.1) is 35.4 Å². The molecule has 0 spiro atoms. The number of aliphatic imine (C=N–C) groups is 2. The van der Waals surface area contributed by atoms with E-state index in [9.17, 15) is 18.0 Å². The first kappa shape index (κ1) is 31.2. The molecule has 3 rings (SSSR count). The summed E-state index contributed by atoms with van der Waals surface area (Å²) in [5.74, 6) is 0.375. The molecule has 0 aliphatic carbocycles. The number of anilines is 4. The molecule has 1 aliphatic heterocycles. The van der Waals surface area contributed by atoms with Gasteiger partial charge in [0, 0.05) is 51.1 Å². The third-order valence-corrected chi connectivity index (χ3v) is 6.49. The minimum atomic E-state index is -4.50. The Morgan fingerprint density at radius 3 is 2.34 bits per heavy atom. The minimum Gasteiger partial charge on any atom is -0.495 e. The van der Waals surface area contributed by atoms with E-state index in [1.807, 2.05) is 40.3 Å². The number of rotatable bonds is 11. The summed E-state index contributed by atoms with van der Waals surface area (Å²) in [6, 6.07) is 8.18. The Balaban J connectivity index is 1.97. The van der Waals surface area contributed by atoms with Crippen LogP contribution in [0.2, 0.25) is 0 Å². The zero-order valence-corrected chi connectivity index (χ0v) is 24.1. The smallest absolute Gasteiger partial charge is 0.416 e. The lowest BCUT2D eigenvalue weighted by atomic mass is 10.0. The minimum absolute atomic E-state index is 0.0246. The second-order valence-electron chi connectivity index (χ2n) is 9.63. The van der Waals surface area contributed by atoms with E-state index in [1.165, 1.54) is 29.3 Å². The monoisotopic (exact) mass is 571 g/mol. The lowest BCUT2D eigenvalue weighted by molar-refractivity contribution is -0.137. The number of benzene rings is 2. The van der Waals surface area contributed by atoms with Crippen molar-refractivity contribution in [3.63, 3.8) is 0 Å². The van der Waals surface area contributed by atoms with Crippen LogP contribution >= 0.6 is 0 Å². The number of amidine groups is 1. The summed E-state index contributed by atoms with van der Waals surface area (Å²) in [6.45, 7) is 6.94. The summed E-state index contributed by atoms with van der Waals surface area (Å²) in [5, 5.41) is 6.46. The molecule has 0 saturated carbocycles. The van der Waals surface area contributed by atoms with Crippen molar-refractivity contribution in [2.24, 2.45) is 9.98 Å². The molecule has 2 aromatic carbocycles. The molecular formula is C29H36F3N7O2. The first-order chi connectivity index (χ1) is 19.4. The molecule has 2 N–H and O–H groups in total. The van der Waals surface area contributed by atoms with E-state index < -0.39 is 17.6 Å². The van der Waals surface area contributed by atoms with Crippen LogP contribution in [0.4, 0.5) is 35.9 Å². The fourth-order valence-corrected chi connectivity index (χ4v) is 4.25. The molecule has 0 bridgehead atoms. The Morgan fingerprint density at radius 1 is 1.10 bits per heavy atom. The molecular weight excluding hydrogens is 535 g/mol. The molecule has 220 valence electrons. The highest BCUT2D eigenvalue weighted by molar-refractivity contribution is 6.30. The summed E-state index contributed by atoms with van der Waals surface area (Å²) < 4.78 is 45.1. The van der Waals surface area contributed by atoms with Gasteiger partial charge in [0.1, 0.15) is 18.3 Å². The van der Waals surface area contributed by atoms with Crippen LogP contribution in [0.15, 0.2) is 69.8 Å². The van der Waals surface area contributed by atoms with Gasteiger partial charge in [-0.15, -0.1) is 0 Å². The van der Waals surface area contributed by atoms with Gasteiger partial charge >= 0.3 is 6.18 Å². The molecule has 1 amide bonds. The number of ether oxygens (including phenoxy) is 1. The van der Waals surface area contributed by atoms with E-state index in [1.54, 1.807) is 14.0 Å². The van der Waals surface area contributed by atoms with Gasteiger partial charge in [-0.25, -0.2) is 4.99 Å². The number of likely N-dealkylation sites (N-methyl/N-ethyl adjacent to an activating group) is 2. The number of nitrogens with zero attached hydrogens (tertiary/aromatic N) is 5. The molecule has 1 aliphatic rings. The van der Waals surface area contributed by atoms with E-state index in [2.05, 4.69) is 37.1 Å². The van der Waals surface area contributed by atoms with E-state index in [0.29, 0.717) is 22.6 Å². The van der Waals surface area contributed by atoms with Crippen LogP contribution in [0.1, 0.15) is 12.5 Å². The van der Waals surface area contributed by atoms with Gasteiger partial charge in [0.25, 0.3) is 5.91 Å². The predicted molar refractivity (Wildman–Crippen MR) is 161 cm³/mol. The molecule has 0 radical (unpaired) electrons. The second kappa shape index (κ2) is 13.4. The zero-order chi connectivity index (χ0) is 30.3. The van der Waals surface area contributed by atoms with Crippen LogP contribution in [-0.4, -0.2) is 78.4 Å². The van der Waals surface area contributed by atoms with Crippen LogP contribution in [0.25, 0.3) is 0 Å². The number of carbonyl (C=O) groups excluding carboxylic acids is 1. The molecule has 0 saturated heterocycles. The van der Waals surface area contributed by atoms with Gasteiger partial charge in [-0.3, -0.25) is 14.7 Å². The van der Waals surface area contributed by atoms with Gasteiger partial charge in [0.15, 0.2) is 0 Å². The standard InChI is InChI=1S/C29H36F3N7O2/c1-19-14-27(40)39(21-10-8-20(9-11-21)29(30,31)32)28(22(19)17-33-2)36-18-35-24-15-23(34-3)25(16-26(24)41-7)38(6)13-12-37(4)5/h8-11,14-17,34-35H,2,12-13,18H2,1,3-7H3/b22-17-,36-28+. The summed E-state index contributed by atoms with van der Waals surface area (Å²) in [6.07, 6.45) is -1.65. The van der Waals surface area contributed by atoms with Crippen LogP contribution in [0.5, 0.6) is 5.75 Å². The summed E-state index contributed by atoms with van der Waals surface area (Å²) >= 11 is 0. The van der Waals surface area contributed by atoms with Gasteiger partial charge in [-0.05, 0) is 63.6 Å². The summed E-state index contributed by atoms with van der Waals surface area (Å²) in [4.78, 5) is 27.1. The molecule has 0 atom stereocenters. The highest BCUT2D eigenvalue weighted by atomic mass is 19.4. The molecule has 12 heteroatoms. The van der Waals surface area contributed by atoms with Crippen molar-refractivity contribution in [3.05, 3.63) is 65.4 Å². The predicted octanol–water partition coefficient (Wildman–Crippen LogP) is 5.10. The summed E-state index contributed by atoms with van der Waals surface area (Å²) in [5.41, 5.74) is 3.03. The van der Waals surface area contributed by atoms with Gasteiger partial charge in [0.2, 0.25) is 0 Å². The molecule has 0 aromatic heterocycles. The van der Waals surface area contributed by atoms with Crippen molar-refractivity contribution in [2.75, 3.05) is 75.5 Å². The fourth-order valence-electron chi connectivity index (χ4n) is 4.25. The zero-order valence-electron chi connectivity index (χ0n) is 24.1. The lowest BCUT2D eigenvalue weighted by Gasteiger charge is -2.29. The van der Waals surface area contributed by atoms with Crippen molar-refractivity contribution in [2.45, 2.75) is 13.1 Å². The average molecular weight is 572 g/mol. The molecule has 41 heavy (non-hydrogen) atoms. The van der Waals surface area contributed by atoms with Crippen LogP contribution < -0.4 is 25.2 Å². The van der Waals surface area contributed by atoms with Crippen molar-refractivity contribution >= 4 is 41.2 Å². The maximum Gasteiger partial charge on any atom is 0.416 e. The Kier molecular flexibility index (Phi) is 10.2. The van der Waals surface area contributed by atoms with Crippen LogP contribution in [0.3, 0.4) is 0 Å². The summed E-state index contributed by atoms with van der Waals surface area (Å²) in [7, 11) is 9.45. The number of carbonyl (C=O) groups is 1. The van der Waals surface area contributed by atoms with Crippen molar-refractivity contribution in [1.82, 2.24) is 4.90 Å². The normalized spacial score (nSPS) is 15.8. The number of methoxy groups -OCH3 is 1. The van der Waals surface area contributed by atoms with Crippen LogP contribution in [0, 0.1) is 0 Å². The molecule has 1 heterocycles. The average Bonchev–Trinajstić information content (AvgIpc) is 2.92. The Morgan fingerprint density at radius 2 is 1.78 bits per heavy atom. The molecule has 2 aromatic rings. The van der Waals surface area contributed by atoms with Gasteiger partial charge in [-0.1, -0.05) is 0 Å². The largest absolute Gasteiger partial charge is 0.495 e. The van der Waals surface area contributed by atoms with Crippen LogP contribution in [-0.2, 0) is 11.0 Å². The molecule has 0 unspecified atom stereocenters. The highest BCUT2D eigenvalue weighted by Crippen LogP contribution is 2.37. The molecule has 0 fully saturated rings. The van der Waals surface area contributed by atoms with Gasteiger partial charge in [-0.2, -0.15) is 13.2 Å². The van der Waals surface area contributed by atoms with E-state index in [4.69, 9.17) is 4.74 Å². The third-order valence-electron chi connectivity index (χ3n) is 6.49. The van der Waals surface area contributed by atoms with E-state index in [0.717, 1.165) is 36.6 Å². The number of halogens is 3. The SMILES string of the molecule is C=N/C=C1/C(C)=CC(=O)N(c2ccc(C(F)(F)F)cc2)/C1=N/CNc1cc(NC)c(N(C)CCN(C)C)cc1OC. The van der Waals surface area contributed by atoms with E-state index in [-0.39, 0.29) is 18.2 Å². The number of amides is 1. The fraction of sp³-hybridized carbons (Fsp3) is 0.345. The first-order valence-electron chi connectivity index (χ1n) is 12.8. The maximum atomic E-state index is 13.1. The lowest BCUT2D eigenvalue weighted by Crippen LogP contribution is -2.41. The molecule has 9 nitrogen and oxygen atoms in total. The van der Waals surface area contributed by atoms with Crippen molar-refractivity contribution in [3.8, 4) is 5.75 Å².